The molecular formula is O3PbZr. The summed E-state index contributed by atoms with van der Waals surface area (Å²) in [7, 11) is 0. The summed E-state index contributed by atoms with van der Waals surface area (Å²) in [6, 6.07) is 0. The Labute approximate surface area is 51.5 Å². The van der Waals surface area contributed by atoms with Crippen molar-refractivity contribution in [3.8, 4) is 0 Å². The Morgan fingerprint density at radius 2 is 2.00 bits per heavy atom. The molecule has 0 saturated carbocycles. The topological polar surface area (TPSA) is 35.5 Å². The van der Waals surface area contributed by atoms with Crippen molar-refractivity contribution in [3.05, 3.63) is 0 Å². The molecule has 5 heteroatoms. The van der Waals surface area contributed by atoms with Gasteiger partial charge in [0.05, 0.1) is 0 Å². The average Bonchev–Trinajstić information content (AvgIpc) is 1.30. The van der Waals surface area contributed by atoms with E-state index in [1.165, 1.54) is 0 Å². The fourth-order valence-electron chi connectivity index (χ4n) is 0.0757. The van der Waals surface area contributed by atoms with Crippen molar-refractivity contribution in [2.75, 3.05) is 0 Å². The summed E-state index contributed by atoms with van der Waals surface area (Å²) in [6.45, 7) is 0. The van der Waals surface area contributed by atoms with Crippen LogP contribution in [0, 0.1) is 0 Å². The van der Waals surface area contributed by atoms with Crippen LogP contribution < -0.4 is 0 Å². The van der Waals surface area contributed by atoms with Gasteiger partial charge >= 0.3 is 52.1 Å². The normalized spacial score (nSPS) is 22.0. The summed E-state index contributed by atoms with van der Waals surface area (Å²) in [5.74, 6) is 0. The van der Waals surface area contributed by atoms with Crippen LogP contribution in [0.5, 0.6) is 0 Å². The van der Waals surface area contributed by atoms with Crippen molar-refractivity contribution in [1.29, 1.82) is 0 Å². The van der Waals surface area contributed by atoms with E-state index in [4.69, 9.17) is 0 Å². The van der Waals surface area contributed by atoms with Gasteiger partial charge in [-0.15, -0.1) is 0 Å². The van der Waals surface area contributed by atoms with Crippen LogP contribution in [0.1, 0.15) is 0 Å². The zero-order valence-electron chi connectivity index (χ0n) is 2.22. The number of hydrogen-bond donors (Lipinski definition) is 0. The Balaban J connectivity index is 2.32. The Morgan fingerprint density at radius 1 is 1.60 bits per heavy atom. The van der Waals surface area contributed by atoms with Crippen molar-refractivity contribution >= 4 is 25.1 Å². The van der Waals surface area contributed by atoms with Crippen molar-refractivity contribution < 1.29 is 27.0 Å². The molecule has 0 aromatic heterocycles. The van der Waals surface area contributed by atoms with Gasteiger partial charge in [-0.3, -0.25) is 0 Å². The summed E-state index contributed by atoms with van der Waals surface area (Å²) in [5.41, 5.74) is 0. The van der Waals surface area contributed by atoms with Crippen LogP contribution in [0.3, 0.4) is 0 Å². The maximum absolute atomic E-state index is 9.78. The summed E-state index contributed by atoms with van der Waals surface area (Å²) >= 11 is -3.60. The van der Waals surface area contributed by atoms with E-state index in [0.717, 1.165) is 0 Å². The van der Waals surface area contributed by atoms with Gasteiger partial charge in [-0.25, -0.2) is 0 Å². The molecule has 1 fully saturated rings. The van der Waals surface area contributed by atoms with E-state index in [1.807, 2.05) is 0 Å². The Morgan fingerprint density at radius 3 is 2.00 bits per heavy atom. The van der Waals surface area contributed by atoms with Gasteiger partial charge < -0.3 is 0 Å². The van der Waals surface area contributed by atoms with Gasteiger partial charge in [0.1, 0.15) is 0 Å². The molecule has 0 aromatic carbocycles. The monoisotopic (exact) mass is 346 g/mol. The van der Waals surface area contributed by atoms with Crippen LogP contribution in [0.15, 0.2) is 0 Å². The zero-order valence-corrected chi connectivity index (χ0v) is 8.57. The van der Waals surface area contributed by atoms with Crippen molar-refractivity contribution in [2.45, 2.75) is 0 Å². The molecule has 0 spiro atoms. The average molecular weight is 346 g/mol. The molecule has 3 nitrogen and oxygen atoms in total. The zero-order chi connectivity index (χ0) is 3.70. The van der Waals surface area contributed by atoms with Gasteiger partial charge in [0, 0.05) is 0 Å². The number of rotatable bonds is 0. The molecule has 1 heterocycles. The molecule has 1 aliphatic rings. The number of hydrogen-bond acceptors (Lipinski definition) is 3. The molecular weight excluding hydrogens is 346 g/mol. The molecule has 0 bridgehead atoms. The first-order chi connectivity index (χ1) is 2.39. The fraction of sp³-hybridized carbons (Fsp3) is 0. The molecule has 1 rings (SSSR count). The van der Waals surface area contributed by atoms with E-state index in [0.29, 0.717) is 0 Å². The molecule has 0 aliphatic carbocycles. The quantitative estimate of drug-likeness (QED) is 0.548. The molecule has 5 heavy (non-hydrogen) atoms. The molecule has 1 saturated heterocycles. The molecule has 0 N–H and O–H groups in total. The summed E-state index contributed by atoms with van der Waals surface area (Å²) in [5, 5.41) is 0. The van der Waals surface area contributed by atoms with E-state index in [2.05, 4.69) is 1.53 Å². The van der Waals surface area contributed by atoms with Gasteiger partial charge in [-0.05, 0) is 0 Å². The van der Waals surface area contributed by atoms with Crippen LogP contribution in [0.2, 0.25) is 0 Å². The molecule has 0 unspecified atom stereocenters. The molecule has 2 radical (unpaired) electrons. The first kappa shape index (κ1) is 4.68. The molecule has 26 valence electrons. The molecule has 0 amide bonds. The van der Waals surface area contributed by atoms with E-state index < -0.39 is 47.8 Å². The molecule has 1 aliphatic heterocycles. The van der Waals surface area contributed by atoms with Crippen LogP contribution in [0.25, 0.3) is 0 Å². The van der Waals surface area contributed by atoms with E-state index in [-0.39, 0.29) is 0 Å². The summed E-state index contributed by atoms with van der Waals surface area (Å²) < 4.78 is 18.9. The van der Waals surface area contributed by atoms with E-state index >= 15 is 0 Å². The standard InChI is InChI=1S/3O.Pb.Zr. The first-order valence-electron chi connectivity index (χ1n) is 1.02. The van der Waals surface area contributed by atoms with Crippen LogP contribution >= 0.6 is 0 Å². The second-order valence-electron chi connectivity index (χ2n) is 0.537. The Kier molecular flexibility index (Phi) is 1.87. The third-order valence-electron chi connectivity index (χ3n) is 0.250. The van der Waals surface area contributed by atoms with E-state index in [1.54, 1.807) is 0 Å². The summed E-state index contributed by atoms with van der Waals surface area (Å²) in [6.07, 6.45) is 0. The second kappa shape index (κ2) is 2.00. The predicted octanol–water partition coefficient (Wildman–Crippen LogP) is -0.639. The van der Waals surface area contributed by atoms with Crippen molar-refractivity contribution in [3.63, 3.8) is 0 Å². The third-order valence-corrected chi connectivity index (χ3v) is 13.0. The van der Waals surface area contributed by atoms with E-state index in [9.17, 15) is 2.81 Å². The molecule has 0 aromatic rings. The Hall–Kier alpha value is 1.53. The summed E-state index contributed by atoms with van der Waals surface area (Å²) in [4.78, 5) is 0. The van der Waals surface area contributed by atoms with Gasteiger partial charge in [0.2, 0.25) is 0 Å². The van der Waals surface area contributed by atoms with Gasteiger partial charge in [-0.1, -0.05) is 0 Å². The molecule has 0 atom stereocenters. The maximum atomic E-state index is 9.78. The van der Waals surface area contributed by atoms with Gasteiger partial charge in [0.15, 0.2) is 0 Å². The second-order valence-corrected chi connectivity index (χ2v) is 12.8. The predicted molar refractivity (Wildman–Crippen MR) is 8.61 cm³/mol. The van der Waals surface area contributed by atoms with Crippen LogP contribution in [-0.4, -0.2) is 25.1 Å². The fourth-order valence-corrected chi connectivity index (χ4v) is 3.93. The van der Waals surface area contributed by atoms with Crippen LogP contribution in [-0.2, 0) is 27.0 Å². The Bertz CT molecular complexity index is 53.9. The van der Waals surface area contributed by atoms with Crippen molar-refractivity contribution in [1.82, 2.24) is 0 Å². The minimum atomic E-state index is -2.56. The first-order valence-corrected chi connectivity index (χ1v) is 7.21. The van der Waals surface area contributed by atoms with Crippen LogP contribution in [0.4, 0.5) is 0 Å². The van der Waals surface area contributed by atoms with Crippen molar-refractivity contribution in [2.24, 2.45) is 0 Å². The minimum absolute atomic E-state index is 1.04. The SMILES string of the molecule is [O]=[Zr]1[O][Pb][O]1. The third kappa shape index (κ3) is 1.21. The van der Waals surface area contributed by atoms with Gasteiger partial charge in [0.25, 0.3) is 0 Å². The van der Waals surface area contributed by atoms with Gasteiger partial charge in [-0.2, -0.15) is 0 Å².